The van der Waals surface area contributed by atoms with Gasteiger partial charge in [0.1, 0.15) is 0 Å². The number of thiazole rings is 1. The Kier molecular flexibility index (Phi) is 2.00. The Morgan fingerprint density at radius 2 is 2.43 bits per heavy atom. The molecule has 1 N–H and O–H groups in total. The van der Waals surface area contributed by atoms with E-state index in [4.69, 9.17) is 0 Å². The maximum absolute atomic E-state index is 4.35. The average Bonchev–Trinajstić information content (AvgIpc) is 2.88. The van der Waals surface area contributed by atoms with E-state index in [-0.39, 0.29) is 0 Å². The zero-order valence-electron chi connectivity index (χ0n) is 7.86. The fourth-order valence-corrected chi connectivity index (χ4v) is 2.73. The van der Waals surface area contributed by atoms with Crippen molar-refractivity contribution in [1.82, 2.24) is 10.3 Å². The number of hydrogen-bond donors (Lipinski definition) is 1. The molecule has 1 aliphatic rings. The van der Waals surface area contributed by atoms with E-state index in [1.807, 2.05) is 5.51 Å². The molecule has 0 bridgehead atoms. The minimum atomic E-state index is 0.695. The molecule has 3 rings (SSSR count). The van der Waals surface area contributed by atoms with Crippen LogP contribution in [0.3, 0.4) is 0 Å². The molecule has 0 aliphatic carbocycles. The first-order valence-electron chi connectivity index (χ1n) is 4.97. The number of aromatic nitrogens is 1. The predicted molar refractivity (Wildman–Crippen MR) is 59.8 cm³/mol. The summed E-state index contributed by atoms with van der Waals surface area (Å²) in [5.41, 5.74) is 4.51. The standard InChI is InChI=1S/C11H12N2S/c1-2-11-10(13-7-14-11)5-8(1)9-3-4-12-6-9/h1-2,5,7,9,12H,3-4,6H2. The van der Waals surface area contributed by atoms with Gasteiger partial charge in [0.05, 0.1) is 15.7 Å². The van der Waals surface area contributed by atoms with Gasteiger partial charge >= 0.3 is 0 Å². The fraction of sp³-hybridized carbons (Fsp3) is 0.364. The van der Waals surface area contributed by atoms with Crippen molar-refractivity contribution in [2.75, 3.05) is 13.1 Å². The molecule has 0 radical (unpaired) electrons. The minimum Gasteiger partial charge on any atom is -0.316 e. The van der Waals surface area contributed by atoms with Crippen LogP contribution in [0.2, 0.25) is 0 Å². The van der Waals surface area contributed by atoms with Gasteiger partial charge in [-0.15, -0.1) is 11.3 Å². The fourth-order valence-electron chi connectivity index (χ4n) is 2.07. The van der Waals surface area contributed by atoms with Crippen LogP contribution in [0.5, 0.6) is 0 Å². The Labute approximate surface area is 87.0 Å². The molecule has 14 heavy (non-hydrogen) atoms. The highest BCUT2D eigenvalue weighted by Crippen LogP contribution is 2.26. The highest BCUT2D eigenvalue weighted by molar-refractivity contribution is 7.16. The molecular formula is C11H12N2S. The molecule has 1 saturated heterocycles. The van der Waals surface area contributed by atoms with Crippen LogP contribution in [0.4, 0.5) is 0 Å². The lowest BCUT2D eigenvalue weighted by atomic mass is 9.98. The molecule has 0 saturated carbocycles. The molecule has 2 nitrogen and oxygen atoms in total. The smallest absolute Gasteiger partial charge is 0.0814 e. The average molecular weight is 204 g/mol. The quantitative estimate of drug-likeness (QED) is 0.771. The molecule has 1 aromatic carbocycles. The zero-order valence-corrected chi connectivity index (χ0v) is 8.68. The normalized spacial score (nSPS) is 21.9. The van der Waals surface area contributed by atoms with Crippen molar-refractivity contribution in [2.45, 2.75) is 12.3 Å². The largest absolute Gasteiger partial charge is 0.316 e. The van der Waals surface area contributed by atoms with Crippen molar-refractivity contribution in [2.24, 2.45) is 0 Å². The lowest BCUT2D eigenvalue weighted by Crippen LogP contribution is -2.07. The molecule has 1 unspecified atom stereocenters. The van der Waals surface area contributed by atoms with Crippen LogP contribution in [-0.4, -0.2) is 18.1 Å². The van der Waals surface area contributed by atoms with E-state index in [9.17, 15) is 0 Å². The van der Waals surface area contributed by atoms with Gasteiger partial charge < -0.3 is 5.32 Å². The van der Waals surface area contributed by atoms with E-state index in [0.29, 0.717) is 5.92 Å². The summed E-state index contributed by atoms with van der Waals surface area (Å²) in [5.74, 6) is 0.695. The van der Waals surface area contributed by atoms with Gasteiger partial charge in [-0.3, -0.25) is 0 Å². The molecule has 1 aromatic heterocycles. The van der Waals surface area contributed by atoms with Crippen LogP contribution in [0.1, 0.15) is 17.9 Å². The summed E-state index contributed by atoms with van der Waals surface area (Å²) in [6.45, 7) is 2.27. The summed E-state index contributed by atoms with van der Waals surface area (Å²) >= 11 is 1.71. The van der Waals surface area contributed by atoms with E-state index >= 15 is 0 Å². The number of rotatable bonds is 1. The molecule has 2 aromatic rings. The number of nitrogens with one attached hydrogen (secondary N) is 1. The first-order valence-corrected chi connectivity index (χ1v) is 5.85. The Morgan fingerprint density at radius 1 is 1.43 bits per heavy atom. The van der Waals surface area contributed by atoms with E-state index in [0.717, 1.165) is 18.6 Å². The molecule has 0 amide bonds. The van der Waals surface area contributed by atoms with Crippen LogP contribution in [-0.2, 0) is 0 Å². The van der Waals surface area contributed by atoms with Gasteiger partial charge in [0.15, 0.2) is 0 Å². The molecule has 0 spiro atoms. The Morgan fingerprint density at radius 3 is 3.29 bits per heavy atom. The van der Waals surface area contributed by atoms with Gasteiger partial charge in [-0.05, 0) is 36.6 Å². The summed E-state index contributed by atoms with van der Waals surface area (Å²) in [5, 5.41) is 3.39. The van der Waals surface area contributed by atoms with E-state index in [1.165, 1.54) is 16.7 Å². The molecule has 2 heterocycles. The number of benzene rings is 1. The van der Waals surface area contributed by atoms with Gasteiger partial charge in [-0.25, -0.2) is 4.98 Å². The van der Waals surface area contributed by atoms with Gasteiger partial charge in [0.2, 0.25) is 0 Å². The second-order valence-corrected chi connectivity index (χ2v) is 4.66. The highest BCUT2D eigenvalue weighted by Gasteiger charge is 2.16. The van der Waals surface area contributed by atoms with Crippen LogP contribution in [0.25, 0.3) is 10.2 Å². The van der Waals surface area contributed by atoms with Crippen molar-refractivity contribution in [1.29, 1.82) is 0 Å². The van der Waals surface area contributed by atoms with Crippen molar-refractivity contribution in [3.63, 3.8) is 0 Å². The lowest BCUT2D eigenvalue weighted by Gasteiger charge is -2.07. The molecular weight excluding hydrogens is 192 g/mol. The monoisotopic (exact) mass is 204 g/mol. The summed E-state index contributed by atoms with van der Waals surface area (Å²) in [6, 6.07) is 6.68. The highest BCUT2D eigenvalue weighted by atomic mass is 32.1. The lowest BCUT2D eigenvalue weighted by molar-refractivity contribution is 0.764. The maximum atomic E-state index is 4.35. The molecule has 3 heteroatoms. The molecule has 1 aliphatic heterocycles. The number of nitrogens with zero attached hydrogens (tertiary/aromatic N) is 1. The van der Waals surface area contributed by atoms with Gasteiger partial charge in [-0.2, -0.15) is 0 Å². The summed E-state index contributed by atoms with van der Waals surface area (Å²) in [6.07, 6.45) is 1.26. The second-order valence-electron chi connectivity index (χ2n) is 3.77. The van der Waals surface area contributed by atoms with Crippen LogP contribution in [0, 0.1) is 0 Å². The van der Waals surface area contributed by atoms with Crippen molar-refractivity contribution >= 4 is 21.6 Å². The minimum absolute atomic E-state index is 0.695. The zero-order chi connectivity index (χ0) is 9.38. The molecule has 1 atom stereocenters. The Hall–Kier alpha value is -0.930. The summed E-state index contributed by atoms with van der Waals surface area (Å²) < 4.78 is 1.29. The Bertz CT molecular complexity index is 443. The third kappa shape index (κ3) is 1.33. The Balaban J connectivity index is 2.04. The van der Waals surface area contributed by atoms with E-state index in [1.54, 1.807) is 11.3 Å². The van der Waals surface area contributed by atoms with Gasteiger partial charge in [0.25, 0.3) is 0 Å². The van der Waals surface area contributed by atoms with Gasteiger partial charge in [0, 0.05) is 6.54 Å². The first-order chi connectivity index (χ1) is 6.93. The number of hydrogen-bond acceptors (Lipinski definition) is 3. The third-order valence-corrected chi connectivity index (χ3v) is 3.70. The van der Waals surface area contributed by atoms with E-state index in [2.05, 4.69) is 28.5 Å². The van der Waals surface area contributed by atoms with Crippen LogP contribution in [0.15, 0.2) is 23.7 Å². The second kappa shape index (κ2) is 3.33. The van der Waals surface area contributed by atoms with E-state index < -0.39 is 0 Å². The van der Waals surface area contributed by atoms with Crippen LogP contribution < -0.4 is 5.32 Å². The number of fused-ring (bicyclic) bond motifs is 1. The molecule has 72 valence electrons. The first kappa shape index (κ1) is 8.38. The molecule has 1 fully saturated rings. The third-order valence-electron chi connectivity index (χ3n) is 2.89. The van der Waals surface area contributed by atoms with Gasteiger partial charge in [-0.1, -0.05) is 6.07 Å². The predicted octanol–water partition coefficient (Wildman–Crippen LogP) is 2.37. The van der Waals surface area contributed by atoms with Crippen molar-refractivity contribution < 1.29 is 0 Å². The topological polar surface area (TPSA) is 24.9 Å². The summed E-state index contributed by atoms with van der Waals surface area (Å²) in [4.78, 5) is 4.35. The van der Waals surface area contributed by atoms with Crippen molar-refractivity contribution in [3.8, 4) is 0 Å². The van der Waals surface area contributed by atoms with Crippen molar-refractivity contribution in [3.05, 3.63) is 29.3 Å². The SMILES string of the molecule is c1nc2cc(C3CCNC3)ccc2s1. The maximum Gasteiger partial charge on any atom is 0.0814 e. The summed E-state index contributed by atoms with van der Waals surface area (Å²) in [7, 11) is 0. The van der Waals surface area contributed by atoms with Crippen LogP contribution >= 0.6 is 11.3 Å².